The molecule has 0 atom stereocenters. The number of aromatic nitrogens is 1. The Morgan fingerprint density at radius 2 is 1.79 bits per heavy atom. The molecule has 0 spiro atoms. The lowest BCUT2D eigenvalue weighted by Crippen LogP contribution is -2.18. The van der Waals surface area contributed by atoms with Gasteiger partial charge >= 0.3 is 12.3 Å². The lowest BCUT2D eigenvalue weighted by Gasteiger charge is -2.16. The average Bonchev–Trinajstić information content (AvgIpc) is 2.61. The molecule has 0 aliphatic heterocycles. The molecule has 29 heavy (non-hydrogen) atoms. The number of halogens is 6. The predicted molar refractivity (Wildman–Crippen MR) is 92.3 cm³/mol. The Hall–Kier alpha value is -3.14. The molecule has 3 rings (SSSR count). The van der Waals surface area contributed by atoms with Gasteiger partial charge in [-0.2, -0.15) is 13.2 Å². The SMILES string of the molecule is O=C(O)Oc1cn(Cc2cc(C(F)(F)F)ccc2Cl)c2c(F)ccc(F)c2c1=O. The maximum Gasteiger partial charge on any atom is 0.511 e. The van der Waals surface area contributed by atoms with E-state index in [9.17, 15) is 31.5 Å². The van der Waals surface area contributed by atoms with Crippen LogP contribution in [0.1, 0.15) is 11.1 Å². The Kier molecular flexibility index (Phi) is 5.22. The highest BCUT2D eigenvalue weighted by atomic mass is 35.5. The summed E-state index contributed by atoms with van der Waals surface area (Å²) in [5.41, 5.74) is -2.97. The van der Waals surface area contributed by atoms with E-state index in [0.29, 0.717) is 12.1 Å². The number of alkyl halides is 3. The van der Waals surface area contributed by atoms with Crippen molar-refractivity contribution >= 4 is 28.7 Å². The zero-order valence-electron chi connectivity index (χ0n) is 14.1. The molecule has 0 fully saturated rings. The fourth-order valence-corrected chi connectivity index (χ4v) is 2.95. The van der Waals surface area contributed by atoms with Crippen molar-refractivity contribution in [1.29, 1.82) is 0 Å². The van der Waals surface area contributed by atoms with Crippen molar-refractivity contribution in [3.8, 4) is 5.75 Å². The van der Waals surface area contributed by atoms with E-state index in [-0.39, 0.29) is 10.6 Å². The number of nitrogens with zero attached hydrogens (tertiary/aromatic N) is 1. The summed E-state index contributed by atoms with van der Waals surface area (Å²) < 4.78 is 72.7. The molecule has 0 saturated heterocycles. The first-order valence-corrected chi connectivity index (χ1v) is 8.14. The van der Waals surface area contributed by atoms with Gasteiger partial charge in [-0.3, -0.25) is 4.79 Å². The Bertz CT molecular complexity index is 1190. The molecule has 0 unspecified atom stereocenters. The van der Waals surface area contributed by atoms with Crippen LogP contribution in [0, 0.1) is 11.6 Å². The Morgan fingerprint density at radius 3 is 2.41 bits per heavy atom. The first-order chi connectivity index (χ1) is 13.5. The standard InChI is InChI=1S/C18H9ClF5NO4/c19-10-2-1-9(18(22,23)24)5-8(10)6-25-7-13(29-17(27)28)16(26)14-11(20)3-4-12(21)15(14)25/h1-5,7H,6H2,(H,27,28). The van der Waals surface area contributed by atoms with Crippen LogP contribution in [0.4, 0.5) is 26.7 Å². The van der Waals surface area contributed by atoms with E-state index in [1.807, 2.05) is 0 Å². The third-order valence-corrected chi connectivity index (χ3v) is 4.37. The van der Waals surface area contributed by atoms with Gasteiger partial charge in [0.05, 0.1) is 22.7 Å². The number of rotatable bonds is 3. The Morgan fingerprint density at radius 1 is 1.14 bits per heavy atom. The Balaban J connectivity index is 2.27. The summed E-state index contributed by atoms with van der Waals surface area (Å²) in [6, 6.07) is 3.82. The minimum atomic E-state index is -4.68. The van der Waals surface area contributed by atoms with E-state index in [4.69, 9.17) is 16.7 Å². The van der Waals surface area contributed by atoms with Gasteiger partial charge in [0.15, 0.2) is 5.75 Å². The number of ether oxygens (including phenoxy) is 1. The van der Waals surface area contributed by atoms with Crippen molar-refractivity contribution < 1.29 is 36.6 Å². The second kappa shape index (κ2) is 7.36. The molecule has 0 saturated carbocycles. The highest BCUT2D eigenvalue weighted by Crippen LogP contribution is 2.32. The monoisotopic (exact) mass is 433 g/mol. The maximum atomic E-state index is 14.4. The summed E-state index contributed by atoms with van der Waals surface area (Å²) in [5.74, 6) is -3.06. The average molecular weight is 434 g/mol. The van der Waals surface area contributed by atoms with Gasteiger partial charge in [-0.15, -0.1) is 0 Å². The number of hydrogen-bond donors (Lipinski definition) is 1. The smallest absolute Gasteiger partial charge is 0.449 e. The topological polar surface area (TPSA) is 68.5 Å². The van der Waals surface area contributed by atoms with Gasteiger partial charge in [0.2, 0.25) is 5.43 Å². The fourth-order valence-electron chi connectivity index (χ4n) is 2.77. The van der Waals surface area contributed by atoms with E-state index < -0.39 is 58.2 Å². The molecule has 0 aliphatic carbocycles. The van der Waals surface area contributed by atoms with E-state index in [0.717, 1.165) is 29.0 Å². The van der Waals surface area contributed by atoms with Crippen molar-refractivity contribution in [2.75, 3.05) is 0 Å². The summed E-state index contributed by atoms with van der Waals surface area (Å²) in [4.78, 5) is 23.1. The van der Waals surface area contributed by atoms with Crippen LogP contribution in [0.15, 0.2) is 41.3 Å². The van der Waals surface area contributed by atoms with Gasteiger partial charge in [0, 0.05) is 11.6 Å². The van der Waals surface area contributed by atoms with Crippen molar-refractivity contribution in [2.45, 2.75) is 12.7 Å². The first kappa shape index (κ1) is 20.6. The van der Waals surface area contributed by atoms with Gasteiger partial charge in [-0.25, -0.2) is 13.6 Å². The van der Waals surface area contributed by atoms with Crippen molar-refractivity contribution in [3.63, 3.8) is 0 Å². The number of pyridine rings is 1. The van der Waals surface area contributed by atoms with Gasteiger partial charge < -0.3 is 14.4 Å². The third kappa shape index (κ3) is 4.02. The molecule has 0 bridgehead atoms. The molecule has 2 aromatic carbocycles. The molecule has 3 aromatic rings. The van der Waals surface area contributed by atoms with Gasteiger partial charge in [0.1, 0.15) is 11.6 Å². The molecular formula is C18H9ClF5NO4. The van der Waals surface area contributed by atoms with Crippen molar-refractivity contribution in [3.05, 3.63) is 74.5 Å². The van der Waals surface area contributed by atoms with E-state index in [1.54, 1.807) is 0 Å². The number of carbonyl (C=O) groups is 1. The molecule has 1 heterocycles. The van der Waals surface area contributed by atoms with Crippen LogP contribution in [-0.2, 0) is 12.7 Å². The summed E-state index contributed by atoms with van der Waals surface area (Å²) in [6.07, 6.45) is -5.81. The molecule has 11 heteroatoms. The summed E-state index contributed by atoms with van der Waals surface area (Å²) >= 11 is 5.94. The van der Waals surface area contributed by atoms with Crippen LogP contribution in [-0.4, -0.2) is 15.8 Å². The van der Waals surface area contributed by atoms with Crippen LogP contribution in [0.2, 0.25) is 5.02 Å². The number of hydrogen-bond acceptors (Lipinski definition) is 3. The quantitative estimate of drug-likeness (QED) is 0.463. The van der Waals surface area contributed by atoms with Gasteiger partial charge in [0.25, 0.3) is 0 Å². The summed E-state index contributed by atoms with van der Waals surface area (Å²) in [5, 5.41) is 7.83. The first-order valence-electron chi connectivity index (χ1n) is 7.76. The molecule has 1 aromatic heterocycles. The second-order valence-corrected chi connectivity index (χ2v) is 6.28. The maximum absolute atomic E-state index is 14.4. The lowest BCUT2D eigenvalue weighted by molar-refractivity contribution is -0.137. The lowest BCUT2D eigenvalue weighted by atomic mass is 10.1. The normalized spacial score (nSPS) is 11.7. The van der Waals surface area contributed by atoms with Gasteiger partial charge in [-0.05, 0) is 35.9 Å². The fraction of sp³-hybridized carbons (Fsp3) is 0.111. The van der Waals surface area contributed by atoms with Crippen LogP contribution in [0.5, 0.6) is 5.75 Å². The Labute approximate surface area is 163 Å². The number of benzene rings is 2. The number of carboxylic acid groups (broad SMARTS) is 1. The summed E-state index contributed by atoms with van der Waals surface area (Å²) in [7, 11) is 0. The third-order valence-electron chi connectivity index (χ3n) is 4.00. The van der Waals surface area contributed by atoms with Crippen molar-refractivity contribution in [2.24, 2.45) is 0 Å². The van der Waals surface area contributed by atoms with Crippen LogP contribution in [0.3, 0.4) is 0 Å². The van der Waals surface area contributed by atoms with Gasteiger partial charge in [-0.1, -0.05) is 11.6 Å². The zero-order valence-corrected chi connectivity index (χ0v) is 14.8. The highest BCUT2D eigenvalue weighted by Gasteiger charge is 2.31. The minimum absolute atomic E-state index is 0.109. The summed E-state index contributed by atoms with van der Waals surface area (Å²) in [6.45, 7) is -0.532. The molecule has 152 valence electrons. The number of fused-ring (bicyclic) bond motifs is 1. The van der Waals surface area contributed by atoms with E-state index in [1.165, 1.54) is 0 Å². The zero-order chi connectivity index (χ0) is 21.5. The van der Waals surface area contributed by atoms with E-state index >= 15 is 0 Å². The molecule has 1 N–H and O–H groups in total. The van der Waals surface area contributed by atoms with E-state index in [2.05, 4.69) is 4.74 Å². The van der Waals surface area contributed by atoms with Crippen molar-refractivity contribution in [1.82, 2.24) is 4.57 Å². The van der Waals surface area contributed by atoms with Crippen LogP contribution >= 0.6 is 11.6 Å². The molecule has 0 aliphatic rings. The van der Waals surface area contributed by atoms with Crippen LogP contribution < -0.4 is 10.2 Å². The molecular weight excluding hydrogens is 425 g/mol. The van der Waals surface area contributed by atoms with Crippen LogP contribution in [0.25, 0.3) is 10.9 Å². The minimum Gasteiger partial charge on any atom is -0.449 e. The molecule has 0 radical (unpaired) electrons. The second-order valence-electron chi connectivity index (χ2n) is 5.88. The molecule has 0 amide bonds. The highest BCUT2D eigenvalue weighted by molar-refractivity contribution is 6.31. The predicted octanol–water partition coefficient (Wildman–Crippen LogP) is 5.06. The molecule has 5 nitrogen and oxygen atoms in total. The largest absolute Gasteiger partial charge is 0.511 e.